The monoisotopic (exact) mass is 286 g/mol. The zero-order chi connectivity index (χ0) is 15.1. The summed E-state index contributed by atoms with van der Waals surface area (Å²) in [7, 11) is 1.37. The Balaban J connectivity index is 2.57. The number of esters is 1. The number of hydrogen-bond acceptors (Lipinski definition) is 5. The fraction of sp³-hybridized carbons (Fsp3) is 0.857. The van der Waals surface area contributed by atoms with Crippen LogP contribution in [0.25, 0.3) is 0 Å². The summed E-state index contributed by atoms with van der Waals surface area (Å²) in [5.74, 6) is -0.145. The van der Waals surface area contributed by atoms with Gasteiger partial charge in [-0.3, -0.25) is 14.5 Å². The van der Waals surface area contributed by atoms with Crippen LogP contribution in [0.5, 0.6) is 0 Å². The molecule has 0 aromatic carbocycles. The highest BCUT2D eigenvalue weighted by molar-refractivity contribution is 5.81. The van der Waals surface area contributed by atoms with E-state index in [9.17, 15) is 9.59 Å². The Labute approximate surface area is 121 Å². The molecule has 6 heteroatoms. The summed E-state index contributed by atoms with van der Waals surface area (Å²) in [6.07, 6.45) is 0.0438. The Bertz CT molecular complexity index is 331. The fourth-order valence-corrected chi connectivity index (χ4v) is 2.44. The molecule has 0 radical (unpaired) electrons. The Morgan fingerprint density at radius 2 is 2.05 bits per heavy atom. The van der Waals surface area contributed by atoms with E-state index < -0.39 is 0 Å². The van der Waals surface area contributed by atoms with Crippen LogP contribution in [-0.2, 0) is 19.1 Å². The third-order valence-electron chi connectivity index (χ3n) is 3.77. The van der Waals surface area contributed by atoms with E-state index >= 15 is 0 Å². The zero-order valence-corrected chi connectivity index (χ0v) is 12.9. The molecule has 1 heterocycles. The molecule has 1 fully saturated rings. The third-order valence-corrected chi connectivity index (χ3v) is 3.77. The molecule has 0 spiro atoms. The van der Waals surface area contributed by atoms with E-state index in [2.05, 4.69) is 9.64 Å². The average Bonchev–Trinajstić information content (AvgIpc) is 2.47. The van der Waals surface area contributed by atoms with Crippen molar-refractivity contribution in [3.8, 4) is 0 Å². The summed E-state index contributed by atoms with van der Waals surface area (Å²) < 4.78 is 10.2. The van der Waals surface area contributed by atoms with Gasteiger partial charge in [-0.15, -0.1) is 0 Å². The second-order valence-electron chi connectivity index (χ2n) is 4.95. The number of nitrogens with zero attached hydrogens (tertiary/aromatic N) is 2. The smallest absolute Gasteiger partial charge is 0.308 e. The maximum atomic E-state index is 12.3. The minimum Gasteiger partial charge on any atom is -0.469 e. The van der Waals surface area contributed by atoms with E-state index in [1.54, 1.807) is 0 Å². The van der Waals surface area contributed by atoms with Crippen molar-refractivity contribution in [3.63, 3.8) is 0 Å². The lowest BCUT2D eigenvalue weighted by atomic mass is 10.1. The molecule has 0 bridgehead atoms. The van der Waals surface area contributed by atoms with Crippen LogP contribution >= 0.6 is 0 Å². The lowest BCUT2D eigenvalue weighted by molar-refractivity contribution is -0.147. The van der Waals surface area contributed by atoms with Gasteiger partial charge in [0.2, 0.25) is 5.91 Å². The predicted molar refractivity (Wildman–Crippen MR) is 75.3 cm³/mol. The molecule has 1 rings (SSSR count). The molecular weight excluding hydrogens is 260 g/mol. The van der Waals surface area contributed by atoms with Crippen molar-refractivity contribution >= 4 is 11.9 Å². The van der Waals surface area contributed by atoms with Gasteiger partial charge in [-0.1, -0.05) is 0 Å². The zero-order valence-electron chi connectivity index (χ0n) is 12.9. The molecule has 6 nitrogen and oxygen atoms in total. The first kappa shape index (κ1) is 16.9. The number of morpholine rings is 1. The van der Waals surface area contributed by atoms with Crippen molar-refractivity contribution in [2.24, 2.45) is 0 Å². The summed E-state index contributed by atoms with van der Waals surface area (Å²) in [6, 6.07) is -0.182. The van der Waals surface area contributed by atoms with E-state index in [0.717, 1.165) is 13.1 Å². The molecule has 0 aromatic heterocycles. The maximum Gasteiger partial charge on any atom is 0.308 e. The van der Waals surface area contributed by atoms with E-state index in [1.165, 1.54) is 7.11 Å². The minimum atomic E-state index is -0.278. The Hall–Kier alpha value is -1.14. The second-order valence-corrected chi connectivity index (χ2v) is 4.95. The van der Waals surface area contributed by atoms with Crippen molar-refractivity contribution in [3.05, 3.63) is 0 Å². The van der Waals surface area contributed by atoms with Crippen LogP contribution in [0, 0.1) is 0 Å². The maximum absolute atomic E-state index is 12.3. The molecule has 0 saturated carbocycles. The molecule has 116 valence electrons. The normalized spacial score (nSPS) is 21.3. The van der Waals surface area contributed by atoms with Crippen LogP contribution in [-0.4, -0.2) is 73.7 Å². The van der Waals surface area contributed by atoms with Crippen LogP contribution in [0.3, 0.4) is 0 Å². The summed E-state index contributed by atoms with van der Waals surface area (Å²) in [5, 5.41) is 0. The summed E-state index contributed by atoms with van der Waals surface area (Å²) in [5.41, 5.74) is 0. The van der Waals surface area contributed by atoms with Gasteiger partial charge in [0.15, 0.2) is 0 Å². The highest BCUT2D eigenvalue weighted by Crippen LogP contribution is 2.14. The standard InChI is InChI=1S/C14H26N2O4/c1-5-15(6-2)14(18)11(3)16-7-8-20-12(10-16)9-13(17)19-4/h11-12H,5-10H2,1-4H3. The van der Waals surface area contributed by atoms with Crippen molar-refractivity contribution in [2.45, 2.75) is 39.3 Å². The van der Waals surface area contributed by atoms with E-state index in [0.29, 0.717) is 19.7 Å². The molecule has 0 N–H and O–H groups in total. The number of carbonyl (C=O) groups is 2. The summed E-state index contributed by atoms with van der Waals surface area (Å²) >= 11 is 0. The van der Waals surface area contributed by atoms with Gasteiger partial charge >= 0.3 is 5.97 Å². The first-order valence-electron chi connectivity index (χ1n) is 7.24. The first-order chi connectivity index (χ1) is 9.53. The van der Waals surface area contributed by atoms with Gasteiger partial charge in [0.25, 0.3) is 0 Å². The molecule has 1 saturated heterocycles. The molecule has 1 aliphatic heterocycles. The van der Waals surface area contributed by atoms with Crippen LogP contribution in [0.4, 0.5) is 0 Å². The number of rotatable bonds is 6. The average molecular weight is 286 g/mol. The third kappa shape index (κ3) is 4.45. The van der Waals surface area contributed by atoms with Gasteiger partial charge in [0.1, 0.15) is 0 Å². The van der Waals surface area contributed by atoms with E-state index in [-0.39, 0.29) is 30.4 Å². The van der Waals surface area contributed by atoms with Crippen molar-refractivity contribution < 1.29 is 19.1 Å². The molecule has 0 aliphatic carbocycles. The van der Waals surface area contributed by atoms with E-state index in [4.69, 9.17) is 4.74 Å². The van der Waals surface area contributed by atoms with Crippen LogP contribution in [0.1, 0.15) is 27.2 Å². The predicted octanol–water partition coefficient (Wildman–Crippen LogP) is 0.507. The number of amides is 1. The van der Waals surface area contributed by atoms with Crippen molar-refractivity contribution in [1.29, 1.82) is 0 Å². The van der Waals surface area contributed by atoms with E-state index in [1.807, 2.05) is 25.7 Å². The second kappa shape index (κ2) is 8.21. The molecule has 0 aromatic rings. The quantitative estimate of drug-likeness (QED) is 0.666. The highest BCUT2D eigenvalue weighted by Gasteiger charge is 2.30. The number of carbonyl (C=O) groups excluding carboxylic acids is 2. The van der Waals surface area contributed by atoms with Crippen LogP contribution in [0.2, 0.25) is 0 Å². The fourth-order valence-electron chi connectivity index (χ4n) is 2.44. The molecule has 2 unspecified atom stereocenters. The number of ether oxygens (including phenoxy) is 2. The number of hydrogen-bond donors (Lipinski definition) is 0. The van der Waals surface area contributed by atoms with Crippen molar-refractivity contribution in [2.75, 3.05) is 39.9 Å². The molecule has 2 atom stereocenters. The largest absolute Gasteiger partial charge is 0.469 e. The molecular formula is C14H26N2O4. The topological polar surface area (TPSA) is 59.1 Å². The SMILES string of the molecule is CCN(CC)C(=O)C(C)N1CCOC(CC(=O)OC)C1. The summed E-state index contributed by atoms with van der Waals surface area (Å²) in [6.45, 7) is 9.15. The van der Waals surface area contributed by atoms with Crippen LogP contribution < -0.4 is 0 Å². The van der Waals surface area contributed by atoms with Gasteiger partial charge in [0, 0.05) is 26.2 Å². The summed E-state index contributed by atoms with van der Waals surface area (Å²) in [4.78, 5) is 27.5. The number of likely N-dealkylation sites (N-methyl/N-ethyl adjacent to an activating group) is 1. The molecule has 20 heavy (non-hydrogen) atoms. The van der Waals surface area contributed by atoms with Gasteiger partial charge in [-0.2, -0.15) is 0 Å². The lowest BCUT2D eigenvalue weighted by Crippen LogP contribution is -2.53. The number of methoxy groups -OCH3 is 1. The molecule has 1 amide bonds. The molecule has 1 aliphatic rings. The van der Waals surface area contributed by atoms with Crippen LogP contribution in [0.15, 0.2) is 0 Å². The first-order valence-corrected chi connectivity index (χ1v) is 7.24. The highest BCUT2D eigenvalue weighted by atomic mass is 16.5. The van der Waals surface area contributed by atoms with Gasteiger partial charge in [0.05, 0.1) is 32.3 Å². The van der Waals surface area contributed by atoms with Gasteiger partial charge in [-0.05, 0) is 20.8 Å². The van der Waals surface area contributed by atoms with Crippen molar-refractivity contribution in [1.82, 2.24) is 9.80 Å². The lowest BCUT2D eigenvalue weighted by Gasteiger charge is -2.37. The Morgan fingerprint density at radius 1 is 1.40 bits per heavy atom. The Morgan fingerprint density at radius 3 is 2.60 bits per heavy atom. The Kier molecular flexibility index (Phi) is 6.95. The van der Waals surface area contributed by atoms with Gasteiger partial charge in [-0.25, -0.2) is 0 Å². The van der Waals surface area contributed by atoms with Gasteiger partial charge < -0.3 is 14.4 Å². The minimum absolute atomic E-state index is 0.133.